The molecule has 1 atom stereocenters. The summed E-state index contributed by atoms with van der Waals surface area (Å²) < 4.78 is 0. The van der Waals surface area contributed by atoms with E-state index in [2.05, 4.69) is 53.9 Å². The highest BCUT2D eigenvalue weighted by molar-refractivity contribution is 7.16. The minimum Gasteiger partial charge on any atom is -0.358 e. The van der Waals surface area contributed by atoms with Crippen LogP contribution in [-0.2, 0) is 0 Å². The summed E-state index contributed by atoms with van der Waals surface area (Å²) in [4.78, 5) is 19.7. The lowest BCUT2D eigenvalue weighted by Crippen LogP contribution is -2.17. The molecule has 0 radical (unpaired) electrons. The first kappa shape index (κ1) is 20.3. The Hall–Kier alpha value is -2.96. The van der Waals surface area contributed by atoms with Crippen LogP contribution in [0, 0.1) is 20.8 Å². The van der Waals surface area contributed by atoms with Crippen molar-refractivity contribution in [2.45, 2.75) is 26.8 Å². The lowest BCUT2D eigenvalue weighted by atomic mass is 10.0. The summed E-state index contributed by atoms with van der Waals surface area (Å²) in [6.07, 6.45) is 1.81. The number of carbonyl (C=O) groups is 1. The summed E-state index contributed by atoms with van der Waals surface area (Å²) in [7, 11) is 0. The quantitative estimate of drug-likeness (QED) is 0.361. The van der Waals surface area contributed by atoms with Gasteiger partial charge in [-0.15, -0.1) is 22.7 Å². The van der Waals surface area contributed by atoms with Crippen LogP contribution in [0.25, 0.3) is 0 Å². The molecule has 1 amide bonds. The highest BCUT2D eigenvalue weighted by Crippen LogP contribution is 2.42. The van der Waals surface area contributed by atoms with Crippen LogP contribution in [0.5, 0.6) is 0 Å². The molecule has 0 aliphatic heterocycles. The summed E-state index contributed by atoms with van der Waals surface area (Å²) in [6, 6.07) is 17.4. The fourth-order valence-electron chi connectivity index (χ4n) is 3.35. The molecule has 2 N–H and O–H groups in total. The van der Waals surface area contributed by atoms with Gasteiger partial charge in [-0.3, -0.25) is 4.79 Å². The lowest BCUT2D eigenvalue weighted by Gasteiger charge is -2.21. The number of benzene rings is 1. The van der Waals surface area contributed by atoms with Crippen LogP contribution in [0.4, 0.5) is 10.8 Å². The third kappa shape index (κ3) is 4.30. The van der Waals surface area contributed by atoms with Crippen molar-refractivity contribution >= 4 is 39.4 Å². The van der Waals surface area contributed by atoms with Gasteiger partial charge in [-0.2, -0.15) is 0 Å². The molecule has 0 aliphatic carbocycles. The topological polar surface area (TPSA) is 54.0 Å². The van der Waals surface area contributed by atoms with Crippen LogP contribution in [-0.4, -0.2) is 10.9 Å². The average molecular weight is 434 g/mol. The Morgan fingerprint density at radius 2 is 1.83 bits per heavy atom. The predicted octanol–water partition coefficient (Wildman–Crippen LogP) is 6.58. The first-order valence-electron chi connectivity index (χ1n) is 9.72. The number of hydrogen-bond donors (Lipinski definition) is 2. The Morgan fingerprint density at radius 3 is 2.53 bits per heavy atom. The van der Waals surface area contributed by atoms with Crippen LogP contribution >= 0.6 is 22.7 Å². The number of pyridine rings is 1. The van der Waals surface area contributed by atoms with Crippen molar-refractivity contribution in [3.63, 3.8) is 0 Å². The zero-order chi connectivity index (χ0) is 21.1. The molecule has 1 aromatic carbocycles. The Morgan fingerprint density at radius 1 is 1.03 bits per heavy atom. The van der Waals surface area contributed by atoms with Crippen LogP contribution in [0.15, 0.2) is 66.2 Å². The molecule has 0 saturated carbocycles. The smallest absolute Gasteiger partial charge is 0.256 e. The lowest BCUT2D eigenvalue weighted by molar-refractivity contribution is 0.102. The van der Waals surface area contributed by atoms with E-state index in [4.69, 9.17) is 0 Å². The summed E-state index contributed by atoms with van der Waals surface area (Å²) in [5.74, 6) is 0.716. The van der Waals surface area contributed by atoms with Gasteiger partial charge in [0.2, 0.25) is 0 Å². The first-order valence-corrected chi connectivity index (χ1v) is 11.4. The summed E-state index contributed by atoms with van der Waals surface area (Å²) in [6.45, 7) is 6.27. The van der Waals surface area contributed by atoms with Crippen LogP contribution in [0.1, 0.15) is 42.8 Å². The number of nitrogens with zero attached hydrogens (tertiary/aromatic N) is 1. The van der Waals surface area contributed by atoms with Gasteiger partial charge in [-0.05, 0) is 67.6 Å². The molecule has 3 aromatic heterocycles. The number of amides is 1. The normalized spacial score (nSPS) is 11.8. The minimum atomic E-state index is -0.102. The molecule has 0 saturated heterocycles. The second kappa shape index (κ2) is 8.81. The molecule has 0 aliphatic rings. The zero-order valence-corrected chi connectivity index (χ0v) is 18.7. The molecule has 3 heterocycles. The SMILES string of the molecule is Cc1ccnc(N[C@H](c2cccs2)c2c(NC(=O)c3ccccc3)sc(C)c2C)c1. The van der Waals surface area contributed by atoms with Gasteiger partial charge in [0.1, 0.15) is 10.8 Å². The Kier molecular flexibility index (Phi) is 5.97. The van der Waals surface area contributed by atoms with E-state index in [1.807, 2.05) is 48.7 Å². The molecule has 30 heavy (non-hydrogen) atoms. The maximum atomic E-state index is 12.9. The van der Waals surface area contributed by atoms with Gasteiger partial charge in [-0.25, -0.2) is 4.98 Å². The van der Waals surface area contributed by atoms with Crippen molar-refractivity contribution in [1.82, 2.24) is 4.98 Å². The largest absolute Gasteiger partial charge is 0.358 e. The number of rotatable bonds is 6. The second-order valence-corrected chi connectivity index (χ2v) is 9.36. The number of aryl methyl sites for hydroxylation is 2. The Balaban J connectivity index is 1.74. The van der Waals surface area contributed by atoms with Gasteiger partial charge in [0.05, 0.1) is 6.04 Å². The van der Waals surface area contributed by atoms with Gasteiger partial charge in [0.25, 0.3) is 5.91 Å². The Bertz CT molecular complexity index is 1150. The monoisotopic (exact) mass is 433 g/mol. The summed E-state index contributed by atoms with van der Waals surface area (Å²) in [5, 5.41) is 9.70. The molecule has 152 valence electrons. The summed E-state index contributed by atoms with van der Waals surface area (Å²) >= 11 is 3.31. The zero-order valence-electron chi connectivity index (χ0n) is 17.1. The van der Waals surface area contributed by atoms with E-state index in [-0.39, 0.29) is 11.9 Å². The molecular weight excluding hydrogens is 410 g/mol. The molecule has 0 fully saturated rings. The first-order chi connectivity index (χ1) is 14.5. The molecular formula is C24H23N3OS2. The second-order valence-electron chi connectivity index (χ2n) is 7.16. The van der Waals surface area contributed by atoms with Crippen molar-refractivity contribution in [2.24, 2.45) is 0 Å². The minimum absolute atomic E-state index is 0.100. The Labute approximate surface area is 184 Å². The molecule has 0 spiro atoms. The van der Waals surface area contributed by atoms with Crippen LogP contribution < -0.4 is 10.6 Å². The van der Waals surface area contributed by atoms with E-state index >= 15 is 0 Å². The third-order valence-corrected chi connectivity index (χ3v) is 7.09. The third-order valence-electron chi connectivity index (χ3n) is 5.02. The molecule has 4 nitrogen and oxygen atoms in total. The van der Waals surface area contributed by atoms with E-state index in [0.717, 1.165) is 21.9 Å². The van der Waals surface area contributed by atoms with Crippen molar-refractivity contribution in [3.8, 4) is 0 Å². The highest BCUT2D eigenvalue weighted by Gasteiger charge is 2.25. The molecule has 0 bridgehead atoms. The number of carbonyl (C=O) groups excluding carboxylic acids is 1. The van der Waals surface area contributed by atoms with Crippen LogP contribution in [0.3, 0.4) is 0 Å². The van der Waals surface area contributed by atoms with Gasteiger partial charge in [0, 0.05) is 27.1 Å². The van der Waals surface area contributed by atoms with Gasteiger partial charge in [-0.1, -0.05) is 24.3 Å². The molecule has 4 aromatic rings. The number of nitrogens with one attached hydrogen (secondary N) is 2. The van der Waals surface area contributed by atoms with E-state index in [1.165, 1.54) is 15.3 Å². The number of anilines is 2. The number of hydrogen-bond acceptors (Lipinski definition) is 5. The van der Waals surface area contributed by atoms with Crippen molar-refractivity contribution in [1.29, 1.82) is 0 Å². The van der Waals surface area contributed by atoms with Crippen molar-refractivity contribution in [3.05, 3.63) is 98.2 Å². The number of thiophene rings is 2. The van der Waals surface area contributed by atoms with E-state index in [1.54, 1.807) is 22.7 Å². The van der Waals surface area contributed by atoms with E-state index in [9.17, 15) is 4.79 Å². The molecule has 4 rings (SSSR count). The standard InChI is InChI=1S/C24H23N3OS2/c1-15-11-12-25-20(14-15)26-22(19-10-7-13-29-19)21-16(2)17(3)30-24(21)27-23(28)18-8-5-4-6-9-18/h4-14,22H,1-3H3,(H,25,26)(H,27,28)/t22-/m1/s1. The fraction of sp³-hybridized carbons (Fsp3) is 0.167. The molecule has 6 heteroatoms. The highest BCUT2D eigenvalue weighted by atomic mass is 32.1. The van der Waals surface area contributed by atoms with Gasteiger partial charge in [0.15, 0.2) is 0 Å². The van der Waals surface area contributed by atoms with Crippen molar-refractivity contribution in [2.75, 3.05) is 10.6 Å². The predicted molar refractivity (Wildman–Crippen MR) is 127 cm³/mol. The van der Waals surface area contributed by atoms with E-state index in [0.29, 0.717) is 5.56 Å². The fourth-order valence-corrected chi connectivity index (χ4v) is 5.23. The molecule has 0 unspecified atom stereocenters. The summed E-state index contributed by atoms with van der Waals surface area (Å²) in [5.41, 5.74) is 4.07. The van der Waals surface area contributed by atoms with Crippen LogP contribution in [0.2, 0.25) is 0 Å². The maximum absolute atomic E-state index is 12.9. The van der Waals surface area contributed by atoms with Gasteiger partial charge < -0.3 is 10.6 Å². The van der Waals surface area contributed by atoms with Crippen molar-refractivity contribution < 1.29 is 4.79 Å². The maximum Gasteiger partial charge on any atom is 0.256 e. The number of aromatic nitrogens is 1. The van der Waals surface area contributed by atoms with Gasteiger partial charge >= 0.3 is 0 Å². The average Bonchev–Trinajstić information content (AvgIpc) is 3.36. The van der Waals surface area contributed by atoms with E-state index < -0.39 is 0 Å².